The van der Waals surface area contributed by atoms with Crippen molar-refractivity contribution in [3.8, 4) is 0 Å². The third-order valence-corrected chi connectivity index (χ3v) is 3.06. The van der Waals surface area contributed by atoms with Crippen LogP contribution < -0.4 is 16.4 Å². The van der Waals surface area contributed by atoms with Gasteiger partial charge < -0.3 is 16.4 Å². The number of carbonyl (C=O) groups is 2. The molecule has 0 aliphatic rings. The van der Waals surface area contributed by atoms with Gasteiger partial charge in [-0.15, -0.1) is 0 Å². The van der Waals surface area contributed by atoms with Crippen LogP contribution in [0.2, 0.25) is 0 Å². The number of rotatable bonds is 4. The zero-order valence-corrected chi connectivity index (χ0v) is 11.8. The first-order valence-corrected chi connectivity index (χ1v) is 6.14. The minimum atomic E-state index is -0.646. The minimum Gasteiger partial charge on any atom is -0.399 e. The highest BCUT2D eigenvalue weighted by Gasteiger charge is 2.27. The molecule has 0 aliphatic carbocycles. The molecule has 1 aromatic carbocycles. The Labute approximate surface area is 113 Å². The molecule has 5 heteroatoms. The molecule has 0 unspecified atom stereocenters. The number of nitrogens with two attached hydrogens (primary N) is 1. The second kappa shape index (κ2) is 5.73. The molecule has 0 bridgehead atoms. The lowest BCUT2D eigenvalue weighted by Crippen LogP contribution is -2.43. The summed E-state index contributed by atoms with van der Waals surface area (Å²) in [6.45, 7) is 5.68. The maximum atomic E-state index is 12.0. The molecule has 0 heterocycles. The van der Waals surface area contributed by atoms with E-state index >= 15 is 0 Å². The molecular weight excluding hydrogens is 242 g/mol. The van der Waals surface area contributed by atoms with E-state index in [0.717, 1.165) is 5.56 Å². The average molecular weight is 263 g/mol. The lowest BCUT2D eigenvalue weighted by Gasteiger charge is -2.22. The van der Waals surface area contributed by atoms with Gasteiger partial charge in [0.15, 0.2) is 0 Å². The normalized spacial score (nSPS) is 10.9. The standard InChI is InChI=1S/C14H21N3O2/c1-9-7-10(5-6-11(9)15)12(18)17-8-14(2,3)13(19)16-4/h5-7H,8,15H2,1-4H3,(H,16,19)(H,17,18). The molecule has 104 valence electrons. The molecule has 0 aliphatic heterocycles. The fourth-order valence-corrected chi connectivity index (χ4v) is 1.64. The zero-order chi connectivity index (χ0) is 14.6. The Kier molecular flexibility index (Phi) is 4.53. The van der Waals surface area contributed by atoms with Crippen LogP contribution in [0.1, 0.15) is 29.8 Å². The third kappa shape index (κ3) is 3.71. The van der Waals surface area contributed by atoms with E-state index in [0.29, 0.717) is 11.3 Å². The van der Waals surface area contributed by atoms with Gasteiger partial charge in [0.2, 0.25) is 5.91 Å². The first kappa shape index (κ1) is 15.0. The number of amides is 2. The Hall–Kier alpha value is -2.04. The van der Waals surface area contributed by atoms with Gasteiger partial charge in [-0.2, -0.15) is 0 Å². The molecule has 5 nitrogen and oxygen atoms in total. The van der Waals surface area contributed by atoms with Crippen LogP contribution in [0.5, 0.6) is 0 Å². The lowest BCUT2D eigenvalue weighted by atomic mass is 9.92. The predicted octanol–water partition coefficient (Wildman–Crippen LogP) is 1.08. The highest BCUT2D eigenvalue weighted by molar-refractivity contribution is 5.95. The predicted molar refractivity (Wildman–Crippen MR) is 75.8 cm³/mol. The molecule has 2 amide bonds. The second-order valence-corrected chi connectivity index (χ2v) is 5.22. The molecular formula is C14H21N3O2. The third-order valence-electron chi connectivity index (χ3n) is 3.06. The van der Waals surface area contributed by atoms with Crippen LogP contribution in [0, 0.1) is 12.3 Å². The van der Waals surface area contributed by atoms with Crippen molar-refractivity contribution < 1.29 is 9.59 Å². The summed E-state index contributed by atoms with van der Waals surface area (Å²) >= 11 is 0. The summed E-state index contributed by atoms with van der Waals surface area (Å²) in [5.41, 5.74) is 7.12. The Morgan fingerprint density at radius 1 is 1.32 bits per heavy atom. The highest BCUT2D eigenvalue weighted by atomic mass is 16.2. The summed E-state index contributed by atoms with van der Waals surface area (Å²) in [4.78, 5) is 23.6. The Balaban J connectivity index is 2.70. The SMILES string of the molecule is CNC(=O)C(C)(C)CNC(=O)c1ccc(N)c(C)c1. The largest absolute Gasteiger partial charge is 0.399 e. The van der Waals surface area contributed by atoms with Gasteiger partial charge in [0.25, 0.3) is 5.91 Å². The van der Waals surface area contributed by atoms with Gasteiger partial charge in [0.05, 0.1) is 5.41 Å². The van der Waals surface area contributed by atoms with E-state index in [-0.39, 0.29) is 18.4 Å². The zero-order valence-electron chi connectivity index (χ0n) is 11.8. The Bertz CT molecular complexity index is 495. The fraction of sp³-hybridized carbons (Fsp3) is 0.429. The molecule has 4 N–H and O–H groups in total. The molecule has 0 atom stereocenters. The molecule has 0 fully saturated rings. The van der Waals surface area contributed by atoms with Crippen LogP contribution in [0.4, 0.5) is 5.69 Å². The first-order valence-electron chi connectivity index (χ1n) is 6.14. The van der Waals surface area contributed by atoms with Crippen molar-refractivity contribution >= 4 is 17.5 Å². The van der Waals surface area contributed by atoms with Gasteiger partial charge in [-0.3, -0.25) is 9.59 Å². The van der Waals surface area contributed by atoms with E-state index in [1.54, 1.807) is 39.1 Å². The first-order chi connectivity index (χ1) is 8.77. The van der Waals surface area contributed by atoms with Gasteiger partial charge in [0.1, 0.15) is 0 Å². The number of nitrogen functional groups attached to an aromatic ring is 1. The molecule has 0 radical (unpaired) electrons. The maximum Gasteiger partial charge on any atom is 0.251 e. The van der Waals surface area contributed by atoms with E-state index in [1.165, 1.54) is 0 Å². The monoisotopic (exact) mass is 263 g/mol. The van der Waals surface area contributed by atoms with Crippen molar-refractivity contribution in [2.24, 2.45) is 5.41 Å². The molecule has 19 heavy (non-hydrogen) atoms. The summed E-state index contributed by atoms with van der Waals surface area (Å²) in [5.74, 6) is -0.318. The van der Waals surface area contributed by atoms with Crippen molar-refractivity contribution in [2.75, 3.05) is 19.3 Å². The quantitative estimate of drug-likeness (QED) is 0.711. The van der Waals surface area contributed by atoms with Crippen LogP contribution in [0.3, 0.4) is 0 Å². The number of hydrogen-bond acceptors (Lipinski definition) is 3. The van der Waals surface area contributed by atoms with Crippen molar-refractivity contribution in [1.29, 1.82) is 0 Å². The van der Waals surface area contributed by atoms with Crippen molar-refractivity contribution in [3.05, 3.63) is 29.3 Å². The number of carbonyl (C=O) groups excluding carboxylic acids is 2. The van der Waals surface area contributed by atoms with Crippen molar-refractivity contribution in [3.63, 3.8) is 0 Å². The van der Waals surface area contributed by atoms with E-state index < -0.39 is 5.41 Å². The number of hydrogen-bond donors (Lipinski definition) is 3. The van der Waals surface area contributed by atoms with Crippen LogP contribution >= 0.6 is 0 Å². The summed E-state index contributed by atoms with van der Waals surface area (Å²) in [7, 11) is 1.58. The van der Waals surface area contributed by atoms with E-state index in [9.17, 15) is 9.59 Å². The van der Waals surface area contributed by atoms with Gasteiger partial charge in [0, 0.05) is 24.8 Å². The highest BCUT2D eigenvalue weighted by Crippen LogP contribution is 2.15. The summed E-state index contributed by atoms with van der Waals surface area (Å²) < 4.78 is 0. The fourth-order valence-electron chi connectivity index (χ4n) is 1.64. The van der Waals surface area contributed by atoms with Crippen LogP contribution in [-0.4, -0.2) is 25.4 Å². The van der Waals surface area contributed by atoms with E-state index in [4.69, 9.17) is 5.73 Å². The number of nitrogens with one attached hydrogen (secondary N) is 2. The average Bonchev–Trinajstić information content (AvgIpc) is 2.38. The Morgan fingerprint density at radius 3 is 2.47 bits per heavy atom. The smallest absolute Gasteiger partial charge is 0.251 e. The van der Waals surface area contributed by atoms with Crippen LogP contribution in [0.15, 0.2) is 18.2 Å². The summed E-state index contributed by atoms with van der Waals surface area (Å²) in [6, 6.07) is 5.11. The molecule has 1 aromatic rings. The number of benzene rings is 1. The van der Waals surface area contributed by atoms with Gasteiger partial charge in [-0.1, -0.05) is 0 Å². The van der Waals surface area contributed by atoms with Crippen molar-refractivity contribution in [1.82, 2.24) is 10.6 Å². The maximum absolute atomic E-state index is 12.0. The summed E-state index contributed by atoms with van der Waals surface area (Å²) in [5, 5.41) is 5.34. The topological polar surface area (TPSA) is 84.2 Å². The molecule has 0 aromatic heterocycles. The minimum absolute atomic E-state index is 0.110. The van der Waals surface area contributed by atoms with Crippen LogP contribution in [0.25, 0.3) is 0 Å². The van der Waals surface area contributed by atoms with E-state index in [2.05, 4.69) is 10.6 Å². The number of anilines is 1. The van der Waals surface area contributed by atoms with Crippen LogP contribution in [-0.2, 0) is 4.79 Å². The molecule has 0 spiro atoms. The molecule has 0 saturated heterocycles. The van der Waals surface area contributed by atoms with Gasteiger partial charge >= 0.3 is 0 Å². The van der Waals surface area contributed by atoms with Gasteiger partial charge in [-0.05, 0) is 44.5 Å². The summed E-state index contributed by atoms with van der Waals surface area (Å²) in [6.07, 6.45) is 0. The Morgan fingerprint density at radius 2 is 1.95 bits per heavy atom. The molecule has 0 saturated carbocycles. The van der Waals surface area contributed by atoms with E-state index in [1.807, 2.05) is 6.92 Å². The second-order valence-electron chi connectivity index (χ2n) is 5.22. The number of aryl methyl sites for hydroxylation is 1. The van der Waals surface area contributed by atoms with Gasteiger partial charge in [-0.25, -0.2) is 0 Å². The van der Waals surface area contributed by atoms with Crippen molar-refractivity contribution in [2.45, 2.75) is 20.8 Å². The lowest BCUT2D eigenvalue weighted by molar-refractivity contribution is -0.128. The molecule has 1 rings (SSSR count).